The third-order valence-electron chi connectivity index (χ3n) is 20.5. The Morgan fingerprint density at radius 1 is 0.189 bits per heavy atom. The lowest BCUT2D eigenvalue weighted by molar-refractivity contribution is -0.198. The number of imide groups is 8. The van der Waals surface area contributed by atoms with E-state index >= 15 is 0 Å². The van der Waals surface area contributed by atoms with Crippen LogP contribution in [0.3, 0.4) is 0 Å². The molecule has 714 valence electrons. The molecular formula is C77H90BrN15O39. The second-order valence-corrected chi connectivity index (χ2v) is 30.3. The third kappa shape index (κ3) is 30.5. The number of rotatable bonds is 51. The van der Waals surface area contributed by atoms with Gasteiger partial charge >= 0.3 is 47.8 Å². The number of hydrogen-bond acceptors (Lipinski definition) is 39. The van der Waals surface area contributed by atoms with Crippen LogP contribution in [0.1, 0.15) is 193 Å². The van der Waals surface area contributed by atoms with Gasteiger partial charge in [0.05, 0.1) is 51.4 Å². The Hall–Kier alpha value is -14.6. The van der Waals surface area contributed by atoms with Crippen LogP contribution < -0.4 is 0 Å². The van der Waals surface area contributed by atoms with Crippen molar-refractivity contribution in [2.24, 2.45) is 0 Å². The quantitative estimate of drug-likeness (QED) is 0.0406. The van der Waals surface area contributed by atoms with Crippen molar-refractivity contribution in [2.75, 3.05) is 91.6 Å². The van der Waals surface area contributed by atoms with Gasteiger partial charge in [-0.1, -0.05) is 15.9 Å². The molecule has 0 spiro atoms. The van der Waals surface area contributed by atoms with Gasteiger partial charge in [0.25, 0.3) is 94.5 Å². The highest BCUT2D eigenvalue weighted by molar-refractivity contribution is 9.11. The Kier molecular flexibility index (Phi) is 38.3. The fourth-order valence-electron chi connectivity index (χ4n) is 13.2. The fraction of sp³-hybridized carbons (Fsp3) is 0.571. The van der Waals surface area contributed by atoms with E-state index in [4.69, 9.17) is 38.7 Å². The van der Waals surface area contributed by atoms with E-state index in [1.54, 1.807) is 0 Å². The first kappa shape index (κ1) is 103. The average Bonchev–Trinajstić information content (AvgIpc) is 1.78. The maximum atomic E-state index is 15.0. The number of carbonyl (C=O) groups is 31. The summed E-state index contributed by atoms with van der Waals surface area (Å²) in [6.07, 6.45) is -15.6. The summed E-state index contributed by atoms with van der Waals surface area (Å²) in [6.45, 7) is -9.94. The minimum Gasteiger partial charge on any atom is -0.342 e. The van der Waals surface area contributed by atoms with Gasteiger partial charge in [-0.2, -0.15) is 0 Å². The molecule has 0 aromatic heterocycles. The molecule has 54 nitrogen and oxygen atoms in total. The van der Waals surface area contributed by atoms with Crippen LogP contribution in [-0.2, 0) is 187 Å². The van der Waals surface area contributed by atoms with Crippen LogP contribution in [0.25, 0.3) is 0 Å². The van der Waals surface area contributed by atoms with Gasteiger partial charge in [-0.3, -0.25) is 110 Å². The van der Waals surface area contributed by atoms with Crippen molar-refractivity contribution in [3.63, 3.8) is 0 Å². The van der Waals surface area contributed by atoms with Crippen molar-refractivity contribution < 1.29 is 187 Å². The molecular weight excluding hydrogens is 1840 g/mol. The molecule has 0 saturated carbocycles. The smallest absolute Gasteiger partial charge is 0.334 e. The second-order valence-electron chi connectivity index (χ2n) is 29.8. The van der Waals surface area contributed by atoms with Crippen molar-refractivity contribution in [2.45, 2.75) is 193 Å². The predicted molar refractivity (Wildman–Crippen MR) is 416 cm³/mol. The number of amides is 23. The molecule has 23 amide bonds. The fourth-order valence-corrected chi connectivity index (χ4v) is 13.5. The van der Waals surface area contributed by atoms with Crippen molar-refractivity contribution in [3.05, 3.63) is 11.1 Å². The normalized spacial score (nSPS) is 16.2. The summed E-state index contributed by atoms with van der Waals surface area (Å²) < 4.78 is 0. The lowest BCUT2D eigenvalue weighted by Crippen LogP contribution is -2.44. The number of hydroxylamine groups is 16. The molecule has 0 N–H and O–H groups in total. The first-order valence-corrected chi connectivity index (χ1v) is 42.4. The summed E-state index contributed by atoms with van der Waals surface area (Å²) in [6, 6.07) is 0. The Morgan fingerprint density at radius 2 is 0.295 bits per heavy atom. The minimum atomic E-state index is -1.26. The van der Waals surface area contributed by atoms with Crippen LogP contribution in [-0.4, -0.2) is 350 Å². The first-order chi connectivity index (χ1) is 62.7. The van der Waals surface area contributed by atoms with Gasteiger partial charge in [-0.05, 0) is 4.99 Å². The zero-order chi connectivity index (χ0) is 96.7. The highest BCUT2D eigenvalue weighted by Crippen LogP contribution is 2.23. The zero-order valence-corrected chi connectivity index (χ0v) is 72.4. The second kappa shape index (κ2) is 49.2. The molecule has 0 radical (unpaired) electrons. The lowest BCUT2D eigenvalue weighted by atomic mass is 10.2. The molecule has 0 aromatic carbocycles. The first-order valence-electron chi connectivity index (χ1n) is 41.4. The maximum Gasteiger partial charge on any atom is 0.334 e. The molecule has 8 aliphatic rings. The van der Waals surface area contributed by atoms with Crippen molar-refractivity contribution >= 4 is 200 Å². The summed E-state index contributed by atoms with van der Waals surface area (Å²) >= 11 is 2.99. The van der Waals surface area contributed by atoms with Gasteiger partial charge in [-0.25, -0.2) is 38.4 Å². The van der Waals surface area contributed by atoms with E-state index in [1.165, 1.54) is 0 Å². The zero-order valence-electron chi connectivity index (χ0n) is 70.8. The Labute approximate surface area is 754 Å². The molecule has 8 fully saturated rings. The number of halogens is 1. The molecule has 132 heavy (non-hydrogen) atoms. The Bertz CT molecular complexity index is 3880. The summed E-state index contributed by atoms with van der Waals surface area (Å²) in [5, 5.41) is 1.58. The minimum absolute atomic E-state index is 0.197. The monoisotopic (exact) mass is 1930 g/mol. The summed E-state index contributed by atoms with van der Waals surface area (Å²) in [4.78, 5) is 452. The van der Waals surface area contributed by atoms with Gasteiger partial charge < -0.3 is 73.0 Å². The number of hydrogen-bond donors (Lipinski definition) is 0. The Balaban J connectivity index is 1.07. The number of carbonyl (C=O) groups excluding carboxylic acids is 31. The maximum absolute atomic E-state index is 15.0. The van der Waals surface area contributed by atoms with E-state index in [2.05, 4.69) is 15.9 Å². The summed E-state index contributed by atoms with van der Waals surface area (Å²) in [5.74, 6) is -31.4. The molecule has 0 unspecified atom stereocenters. The van der Waals surface area contributed by atoms with E-state index in [0.717, 1.165) is 45.4 Å². The van der Waals surface area contributed by atoms with E-state index in [1.807, 2.05) is 0 Å². The molecule has 0 atom stereocenters. The number of nitrogens with zero attached hydrogens (tertiary/aromatic N) is 15. The topological polar surface area (TPSA) is 652 Å². The predicted octanol–water partition coefficient (Wildman–Crippen LogP) is -4.99. The van der Waals surface area contributed by atoms with Crippen molar-refractivity contribution in [1.82, 2.24) is 74.8 Å². The molecule has 8 rings (SSSR count). The SMILES string of the molecule is O=C(CCN(CCC(=O)ON1C(=O)CCC1=O)C(=O)CCN(CCC(=O)N(CCC(=O)ON1C(=O)CCC1=O)CCC(=O)ON1C(=O)CCC1=O)C(=O)CCN(CCC(=O)N(CCC(=O)N(CCC(=O)ON1C(=O)CCC1=O)CCC(=O)ON1C(=O)CCC1=O)CCC(=O)N(CCC(=O)ON1C(=O)CCC1=O)CCC(=O)ON1C(=O)CCC1=O)C(=O)/C=C/Br)ON1C(=O)CCC1=O. The molecule has 8 saturated heterocycles. The van der Waals surface area contributed by atoms with Crippen LogP contribution >= 0.6 is 15.9 Å². The van der Waals surface area contributed by atoms with Gasteiger partial charge in [-0.15, -0.1) is 40.5 Å². The van der Waals surface area contributed by atoms with Gasteiger partial charge in [0, 0.05) is 239 Å². The highest BCUT2D eigenvalue weighted by Gasteiger charge is 2.42. The van der Waals surface area contributed by atoms with Crippen LogP contribution in [0.5, 0.6) is 0 Å². The van der Waals surface area contributed by atoms with Crippen LogP contribution in [0.15, 0.2) is 11.1 Å². The summed E-state index contributed by atoms with van der Waals surface area (Å²) in [7, 11) is 0. The van der Waals surface area contributed by atoms with Crippen molar-refractivity contribution in [1.29, 1.82) is 0 Å². The van der Waals surface area contributed by atoms with E-state index in [0.29, 0.717) is 0 Å². The Morgan fingerprint density at radius 3 is 0.409 bits per heavy atom. The standard InChI is InChI=1S/C77H90BrN15O39/c78-32-17-47(94)79(33-18-48(95)80(35-20-50(97)82(39-24-70(117)125-86-54(101)1-2-55(86)102)40-25-71(118)126-87-56(103)3-4-57(87)104)36-21-51(98)83(41-26-72(119)127-88-58(105)5-6-59(88)106)42-27-73(120)128-89-60(107)7-8-61(89)108)34-19-49(96)81(37-22-52(99)84(43-28-74(121)129-90-62(109)9-10-63(90)110)44-29-75(122)130-91-64(111)11-12-65(91)112)38-23-53(100)85(45-30-76(123)131-92-66(113)13-14-67(92)114)46-31-77(124)132-93-68(115)15-16-69(93)116/h17,32H,1-16,18-31,33-46H2/b32-17+. The van der Waals surface area contributed by atoms with Crippen LogP contribution in [0.4, 0.5) is 0 Å². The molecule has 55 heteroatoms. The van der Waals surface area contributed by atoms with Gasteiger partial charge in [0.15, 0.2) is 0 Å². The molecule has 8 heterocycles. The van der Waals surface area contributed by atoms with E-state index in [9.17, 15) is 149 Å². The van der Waals surface area contributed by atoms with E-state index < -0.39 is 365 Å². The summed E-state index contributed by atoms with van der Waals surface area (Å²) in [5.41, 5.74) is 0. The van der Waals surface area contributed by atoms with Crippen molar-refractivity contribution in [3.8, 4) is 0 Å². The highest BCUT2D eigenvalue weighted by atomic mass is 79.9. The lowest BCUT2D eigenvalue weighted by Gasteiger charge is -2.29. The molecule has 8 aliphatic heterocycles. The molecule has 0 aromatic rings. The molecule has 0 bridgehead atoms. The van der Waals surface area contributed by atoms with Crippen LogP contribution in [0, 0.1) is 0 Å². The molecule has 0 aliphatic carbocycles. The largest absolute Gasteiger partial charge is 0.342 e. The van der Waals surface area contributed by atoms with Crippen LogP contribution in [0.2, 0.25) is 0 Å². The van der Waals surface area contributed by atoms with Gasteiger partial charge in [0.2, 0.25) is 41.4 Å². The third-order valence-corrected chi connectivity index (χ3v) is 20.7. The van der Waals surface area contributed by atoms with Gasteiger partial charge in [0.1, 0.15) is 0 Å². The average molecular weight is 1930 g/mol. The van der Waals surface area contributed by atoms with E-state index in [-0.39, 0.29) is 143 Å².